The molecule has 0 amide bonds. The van der Waals surface area contributed by atoms with Crippen LogP contribution >= 0.6 is 19.6 Å². The molecule has 15 heavy (non-hydrogen) atoms. The Morgan fingerprint density at radius 1 is 1.13 bits per heavy atom. The minimum absolute atomic E-state index is 0.635. The zero-order valence-corrected chi connectivity index (χ0v) is 9.76. The van der Waals surface area contributed by atoms with Crippen molar-refractivity contribution in [3.8, 4) is 0 Å². The fourth-order valence-corrected chi connectivity index (χ4v) is 1.28. The van der Waals surface area contributed by atoms with Crippen molar-refractivity contribution in [3.05, 3.63) is 0 Å². The maximum atomic E-state index is 9.87. The van der Waals surface area contributed by atoms with Crippen LogP contribution in [0, 0.1) is 0 Å². The van der Waals surface area contributed by atoms with Crippen LogP contribution in [0.25, 0.3) is 0 Å². The van der Waals surface area contributed by atoms with E-state index in [0.717, 1.165) is 19.8 Å². The molecule has 96 valence electrons. The van der Waals surface area contributed by atoms with Gasteiger partial charge in [-0.25, -0.2) is 4.00 Å². The third-order valence-electron chi connectivity index (χ3n) is 1.48. The quantitative estimate of drug-likeness (QED) is 0.370. The molecule has 0 radical (unpaired) electrons. The van der Waals surface area contributed by atoms with E-state index in [0.29, 0.717) is 4.00 Å². The van der Waals surface area contributed by atoms with Crippen LogP contribution < -0.4 is 0 Å². The first-order valence-corrected chi connectivity index (χ1v) is 6.21. The van der Waals surface area contributed by atoms with E-state index >= 15 is 0 Å². The van der Waals surface area contributed by atoms with Gasteiger partial charge in [-0.3, -0.25) is 4.90 Å². The first kappa shape index (κ1) is 15.2. The molecule has 0 aromatic carbocycles. The normalized spacial score (nSPS) is 32.6. The number of nitrogens with zero attached hydrogens (tertiary/aromatic N) is 2. The molecule has 0 aromatic heterocycles. The van der Waals surface area contributed by atoms with E-state index in [1.807, 2.05) is 7.05 Å². The fraction of sp³-hybridized carbons (Fsp3) is 1.00. The van der Waals surface area contributed by atoms with Crippen LogP contribution in [-0.4, -0.2) is 42.8 Å². The molecule has 0 aromatic rings. The Bertz CT molecular complexity index is 224. The van der Waals surface area contributed by atoms with Crippen molar-refractivity contribution in [3.63, 3.8) is 0 Å². The molecule has 0 bridgehead atoms. The van der Waals surface area contributed by atoms with Crippen LogP contribution in [0.3, 0.4) is 0 Å². The Kier molecular flexibility index (Phi) is 3.40. The standard InChI is InChI=1S/C5H12ClN2.F6P/c1-7-3-4-8(2,6)5-7;1-7(2,3,4,5)6/h3-5H2,1-2H3;/q+1;-1. The second-order valence-electron chi connectivity index (χ2n) is 3.67. The molecular weight excluding hydrogens is 268 g/mol. The fourth-order valence-electron chi connectivity index (χ4n) is 1.02. The second kappa shape index (κ2) is 3.35. The summed E-state index contributed by atoms with van der Waals surface area (Å²) in [5.74, 6) is 0. The van der Waals surface area contributed by atoms with Gasteiger partial charge in [0.2, 0.25) is 0 Å². The first-order chi connectivity index (χ1) is 6.05. The van der Waals surface area contributed by atoms with Gasteiger partial charge in [-0.1, -0.05) is 0 Å². The molecule has 1 unspecified atom stereocenters. The third-order valence-corrected chi connectivity index (χ3v) is 1.76. The molecule has 1 aliphatic heterocycles. The Morgan fingerprint density at radius 2 is 1.47 bits per heavy atom. The monoisotopic (exact) mass is 280 g/mol. The van der Waals surface area contributed by atoms with Crippen molar-refractivity contribution in [2.24, 2.45) is 0 Å². The SMILES string of the molecule is CN1CC[N+](C)(Cl)C1.F[P-](F)(F)(F)(F)F. The summed E-state index contributed by atoms with van der Waals surface area (Å²) in [5, 5.41) is 0. The van der Waals surface area contributed by atoms with Gasteiger partial charge in [-0.05, 0) is 7.05 Å². The molecule has 1 rings (SSSR count). The van der Waals surface area contributed by atoms with E-state index in [4.69, 9.17) is 11.8 Å². The summed E-state index contributed by atoms with van der Waals surface area (Å²) in [4.78, 5) is 2.23. The summed E-state index contributed by atoms with van der Waals surface area (Å²) in [5.41, 5.74) is 0. The predicted molar refractivity (Wildman–Crippen MR) is 48.0 cm³/mol. The average Bonchev–Trinajstić information content (AvgIpc) is 1.99. The zero-order chi connectivity index (χ0) is 12.6. The van der Waals surface area contributed by atoms with Gasteiger partial charge >= 0.3 is 33.0 Å². The molecule has 1 fully saturated rings. The molecule has 0 aliphatic carbocycles. The van der Waals surface area contributed by atoms with E-state index in [1.54, 1.807) is 0 Å². The minimum atomic E-state index is -10.7. The summed E-state index contributed by atoms with van der Waals surface area (Å²) in [6.45, 7) is 3.17. The van der Waals surface area contributed by atoms with Crippen molar-refractivity contribution in [2.45, 2.75) is 0 Å². The molecular formula is C5H12ClF6N2P. The van der Waals surface area contributed by atoms with Gasteiger partial charge in [-0.15, -0.1) is 0 Å². The summed E-state index contributed by atoms with van der Waals surface area (Å²) >= 11 is 5.96. The first-order valence-electron chi connectivity index (χ1n) is 3.84. The Hall–Kier alpha value is 0.220. The average molecular weight is 281 g/mol. The van der Waals surface area contributed by atoms with Crippen molar-refractivity contribution in [1.29, 1.82) is 0 Å². The molecule has 0 saturated carbocycles. The maximum absolute atomic E-state index is 10.7. The van der Waals surface area contributed by atoms with Crippen LogP contribution in [0.2, 0.25) is 0 Å². The van der Waals surface area contributed by atoms with Crippen LogP contribution in [0.15, 0.2) is 0 Å². The number of hydrogen-bond acceptors (Lipinski definition) is 1. The molecule has 0 spiro atoms. The van der Waals surface area contributed by atoms with Crippen molar-refractivity contribution < 1.29 is 29.2 Å². The Morgan fingerprint density at radius 3 is 1.53 bits per heavy atom. The van der Waals surface area contributed by atoms with E-state index in [-0.39, 0.29) is 0 Å². The molecule has 1 heterocycles. The van der Waals surface area contributed by atoms with Gasteiger partial charge in [0, 0.05) is 0 Å². The van der Waals surface area contributed by atoms with Crippen molar-refractivity contribution >= 4 is 19.6 Å². The summed E-state index contributed by atoms with van der Waals surface area (Å²) in [7, 11) is -6.54. The number of likely N-dealkylation sites (N-methyl/N-ethyl adjacent to an activating group) is 2. The van der Waals surface area contributed by atoms with Gasteiger partial charge in [-0.2, -0.15) is 0 Å². The Balaban J connectivity index is 0.000000265. The molecule has 0 N–H and O–H groups in total. The molecule has 1 aliphatic rings. The van der Waals surface area contributed by atoms with E-state index in [9.17, 15) is 25.2 Å². The van der Waals surface area contributed by atoms with Crippen molar-refractivity contribution in [2.75, 3.05) is 33.9 Å². The third kappa shape index (κ3) is 16.9. The molecule has 2 nitrogen and oxygen atoms in total. The van der Waals surface area contributed by atoms with Gasteiger partial charge in [0.25, 0.3) is 0 Å². The van der Waals surface area contributed by atoms with Gasteiger partial charge in [0.05, 0.1) is 13.6 Å². The van der Waals surface area contributed by atoms with Crippen LogP contribution in [0.1, 0.15) is 0 Å². The molecule has 1 atom stereocenters. The van der Waals surface area contributed by atoms with Gasteiger partial charge < -0.3 is 0 Å². The van der Waals surface area contributed by atoms with E-state index in [2.05, 4.69) is 11.9 Å². The predicted octanol–water partition coefficient (Wildman–Crippen LogP) is 3.87. The van der Waals surface area contributed by atoms with Gasteiger partial charge in [0.15, 0.2) is 18.4 Å². The second-order valence-corrected chi connectivity index (χ2v) is 6.40. The summed E-state index contributed by atoms with van der Waals surface area (Å²) < 4.78 is 59.8. The summed E-state index contributed by atoms with van der Waals surface area (Å²) in [6, 6.07) is 0. The molecule has 1 saturated heterocycles. The zero-order valence-electron chi connectivity index (χ0n) is 8.11. The number of rotatable bonds is 0. The Labute approximate surface area is 88.3 Å². The van der Waals surface area contributed by atoms with E-state index < -0.39 is 7.81 Å². The van der Waals surface area contributed by atoms with Crippen LogP contribution in [0.5, 0.6) is 0 Å². The van der Waals surface area contributed by atoms with Crippen LogP contribution in [-0.2, 0) is 0 Å². The van der Waals surface area contributed by atoms with Gasteiger partial charge in [0.1, 0.15) is 6.54 Å². The van der Waals surface area contributed by atoms with Crippen LogP contribution in [0.4, 0.5) is 25.2 Å². The number of halogens is 7. The topological polar surface area (TPSA) is 3.24 Å². The van der Waals surface area contributed by atoms with Crippen molar-refractivity contribution in [1.82, 2.24) is 4.90 Å². The number of hydrogen-bond donors (Lipinski definition) is 0. The number of quaternary nitrogens is 1. The van der Waals surface area contributed by atoms with E-state index in [1.165, 1.54) is 0 Å². The summed E-state index contributed by atoms with van der Waals surface area (Å²) in [6.07, 6.45) is 0. The molecule has 10 heteroatoms.